The molecular formula is C14H21NO2. The van der Waals surface area contributed by atoms with E-state index in [9.17, 15) is 4.79 Å². The summed E-state index contributed by atoms with van der Waals surface area (Å²) in [6, 6.07) is 9.87. The fourth-order valence-corrected chi connectivity index (χ4v) is 1.70. The van der Waals surface area contributed by atoms with E-state index in [0.29, 0.717) is 19.6 Å². The Hall–Kier alpha value is -1.19. The van der Waals surface area contributed by atoms with Crippen molar-refractivity contribution in [2.24, 2.45) is 0 Å². The lowest BCUT2D eigenvalue weighted by atomic mass is 10.1. The number of rotatable bonds is 8. The standard InChI is InChI=1S/C14H21NO2/c1-3-15(9-10-17-2)12-14(16)11-13-7-5-4-6-8-13/h4-8H,3,9-12H2,1-2H3. The average Bonchev–Trinajstić information content (AvgIpc) is 2.35. The van der Waals surface area contributed by atoms with E-state index in [1.807, 2.05) is 30.3 Å². The highest BCUT2D eigenvalue weighted by Crippen LogP contribution is 2.01. The summed E-state index contributed by atoms with van der Waals surface area (Å²) in [5.74, 6) is 0.258. The predicted octanol–water partition coefficient (Wildman–Crippen LogP) is 1.77. The molecule has 0 heterocycles. The molecule has 0 bridgehead atoms. The normalized spacial score (nSPS) is 10.8. The van der Waals surface area contributed by atoms with Crippen molar-refractivity contribution in [2.75, 3.05) is 33.4 Å². The Kier molecular flexibility index (Phi) is 6.51. The molecule has 0 saturated heterocycles. The summed E-state index contributed by atoms with van der Waals surface area (Å²) in [6.45, 7) is 4.93. The molecule has 0 spiro atoms. The minimum absolute atomic E-state index is 0.258. The summed E-state index contributed by atoms with van der Waals surface area (Å²) in [4.78, 5) is 14.0. The number of carbonyl (C=O) groups excluding carboxylic acids is 1. The molecule has 94 valence electrons. The van der Waals surface area contributed by atoms with Gasteiger partial charge in [-0.15, -0.1) is 0 Å². The topological polar surface area (TPSA) is 29.5 Å². The number of ether oxygens (including phenoxy) is 1. The van der Waals surface area contributed by atoms with Crippen LogP contribution in [0.3, 0.4) is 0 Å². The minimum atomic E-state index is 0.258. The lowest BCUT2D eigenvalue weighted by molar-refractivity contribution is -0.119. The molecule has 0 fully saturated rings. The van der Waals surface area contributed by atoms with Gasteiger partial charge in [0.2, 0.25) is 0 Å². The van der Waals surface area contributed by atoms with Crippen molar-refractivity contribution in [3.63, 3.8) is 0 Å². The third-order valence-corrected chi connectivity index (χ3v) is 2.70. The van der Waals surface area contributed by atoms with E-state index in [1.165, 1.54) is 0 Å². The van der Waals surface area contributed by atoms with Gasteiger partial charge in [-0.25, -0.2) is 0 Å². The first kappa shape index (κ1) is 13.9. The molecular weight excluding hydrogens is 214 g/mol. The quantitative estimate of drug-likeness (QED) is 0.687. The van der Waals surface area contributed by atoms with Crippen molar-refractivity contribution in [1.29, 1.82) is 0 Å². The van der Waals surface area contributed by atoms with Crippen LogP contribution in [0.1, 0.15) is 12.5 Å². The number of benzene rings is 1. The zero-order chi connectivity index (χ0) is 12.5. The summed E-state index contributed by atoms with van der Waals surface area (Å²) in [6.07, 6.45) is 0.518. The molecule has 0 aliphatic carbocycles. The van der Waals surface area contributed by atoms with E-state index in [-0.39, 0.29) is 5.78 Å². The molecule has 0 N–H and O–H groups in total. The monoisotopic (exact) mass is 235 g/mol. The molecule has 3 heteroatoms. The van der Waals surface area contributed by atoms with Crippen LogP contribution in [0.4, 0.5) is 0 Å². The first-order valence-electron chi connectivity index (χ1n) is 6.03. The summed E-state index contributed by atoms with van der Waals surface area (Å²) in [7, 11) is 1.68. The second kappa shape index (κ2) is 7.98. The fraction of sp³-hybridized carbons (Fsp3) is 0.500. The number of likely N-dealkylation sites (N-methyl/N-ethyl adjacent to an activating group) is 1. The van der Waals surface area contributed by atoms with Crippen LogP contribution in [-0.4, -0.2) is 44.0 Å². The first-order valence-corrected chi connectivity index (χ1v) is 6.03. The van der Waals surface area contributed by atoms with E-state index in [0.717, 1.165) is 18.7 Å². The third kappa shape index (κ3) is 5.61. The Morgan fingerprint density at radius 2 is 2.00 bits per heavy atom. The summed E-state index contributed by atoms with van der Waals surface area (Å²) in [5, 5.41) is 0. The van der Waals surface area contributed by atoms with E-state index in [4.69, 9.17) is 4.74 Å². The molecule has 3 nitrogen and oxygen atoms in total. The largest absolute Gasteiger partial charge is 0.383 e. The molecule has 0 unspecified atom stereocenters. The van der Waals surface area contributed by atoms with E-state index >= 15 is 0 Å². The van der Waals surface area contributed by atoms with Crippen molar-refractivity contribution in [1.82, 2.24) is 4.90 Å². The second-order valence-electron chi connectivity index (χ2n) is 4.06. The van der Waals surface area contributed by atoms with Gasteiger partial charge in [0.05, 0.1) is 13.2 Å². The lowest BCUT2D eigenvalue weighted by Crippen LogP contribution is -2.33. The molecule has 1 rings (SSSR count). The lowest BCUT2D eigenvalue weighted by Gasteiger charge is -2.18. The van der Waals surface area contributed by atoms with Crippen molar-refractivity contribution < 1.29 is 9.53 Å². The molecule has 0 atom stereocenters. The molecule has 17 heavy (non-hydrogen) atoms. The Bertz CT molecular complexity index is 324. The summed E-state index contributed by atoms with van der Waals surface area (Å²) < 4.78 is 5.02. The summed E-state index contributed by atoms with van der Waals surface area (Å²) >= 11 is 0. The Morgan fingerprint density at radius 3 is 2.59 bits per heavy atom. The fourth-order valence-electron chi connectivity index (χ4n) is 1.70. The maximum Gasteiger partial charge on any atom is 0.151 e. The van der Waals surface area contributed by atoms with Crippen molar-refractivity contribution in [3.05, 3.63) is 35.9 Å². The van der Waals surface area contributed by atoms with Crippen LogP contribution in [0.25, 0.3) is 0 Å². The van der Waals surface area contributed by atoms with Gasteiger partial charge in [0.25, 0.3) is 0 Å². The number of ketones is 1. The Balaban J connectivity index is 2.37. The highest BCUT2D eigenvalue weighted by Gasteiger charge is 2.09. The third-order valence-electron chi connectivity index (χ3n) is 2.70. The van der Waals surface area contributed by atoms with Crippen LogP contribution in [0.2, 0.25) is 0 Å². The molecule has 0 saturated carbocycles. The first-order chi connectivity index (χ1) is 8.26. The van der Waals surface area contributed by atoms with Gasteiger partial charge in [-0.2, -0.15) is 0 Å². The van der Waals surface area contributed by atoms with Crippen molar-refractivity contribution >= 4 is 5.78 Å². The van der Waals surface area contributed by atoms with Crippen LogP contribution in [0.5, 0.6) is 0 Å². The molecule has 0 aliphatic rings. The Morgan fingerprint density at radius 1 is 1.29 bits per heavy atom. The maximum atomic E-state index is 11.9. The van der Waals surface area contributed by atoms with Crippen molar-refractivity contribution in [2.45, 2.75) is 13.3 Å². The number of hydrogen-bond donors (Lipinski definition) is 0. The van der Waals surface area contributed by atoms with Gasteiger partial charge < -0.3 is 4.74 Å². The van der Waals surface area contributed by atoms with Crippen LogP contribution in [-0.2, 0) is 16.0 Å². The minimum Gasteiger partial charge on any atom is -0.383 e. The van der Waals surface area contributed by atoms with Gasteiger partial charge in [-0.3, -0.25) is 9.69 Å². The SMILES string of the molecule is CCN(CCOC)CC(=O)Cc1ccccc1. The van der Waals surface area contributed by atoms with Gasteiger partial charge in [-0.1, -0.05) is 37.3 Å². The van der Waals surface area contributed by atoms with E-state index in [2.05, 4.69) is 11.8 Å². The predicted molar refractivity (Wildman–Crippen MR) is 69.1 cm³/mol. The number of nitrogens with zero attached hydrogens (tertiary/aromatic N) is 1. The zero-order valence-corrected chi connectivity index (χ0v) is 10.7. The average molecular weight is 235 g/mol. The smallest absolute Gasteiger partial charge is 0.151 e. The molecule has 0 amide bonds. The van der Waals surface area contributed by atoms with Gasteiger partial charge in [0.1, 0.15) is 0 Å². The molecule has 1 aromatic rings. The van der Waals surface area contributed by atoms with Gasteiger partial charge in [0, 0.05) is 20.1 Å². The molecule has 0 aliphatic heterocycles. The van der Waals surface area contributed by atoms with Gasteiger partial charge in [-0.05, 0) is 12.1 Å². The van der Waals surface area contributed by atoms with E-state index < -0.39 is 0 Å². The number of carbonyl (C=O) groups is 1. The van der Waals surface area contributed by atoms with Crippen molar-refractivity contribution in [3.8, 4) is 0 Å². The van der Waals surface area contributed by atoms with Crippen LogP contribution in [0.15, 0.2) is 30.3 Å². The molecule has 1 aromatic carbocycles. The van der Waals surface area contributed by atoms with E-state index in [1.54, 1.807) is 7.11 Å². The number of Topliss-reactive ketones (excluding diaryl/α,β-unsaturated/α-hetero) is 1. The van der Waals surface area contributed by atoms with Crippen LogP contribution >= 0.6 is 0 Å². The highest BCUT2D eigenvalue weighted by molar-refractivity contribution is 5.82. The van der Waals surface area contributed by atoms with Crippen LogP contribution < -0.4 is 0 Å². The Labute approximate surface area is 103 Å². The van der Waals surface area contributed by atoms with Gasteiger partial charge in [0.15, 0.2) is 5.78 Å². The summed E-state index contributed by atoms with van der Waals surface area (Å²) in [5.41, 5.74) is 1.08. The van der Waals surface area contributed by atoms with Crippen LogP contribution in [0, 0.1) is 0 Å². The molecule has 0 aromatic heterocycles. The number of methoxy groups -OCH3 is 1. The number of hydrogen-bond acceptors (Lipinski definition) is 3. The highest BCUT2D eigenvalue weighted by atomic mass is 16.5. The molecule has 0 radical (unpaired) electrons. The second-order valence-corrected chi connectivity index (χ2v) is 4.06. The zero-order valence-electron chi connectivity index (χ0n) is 10.7. The van der Waals surface area contributed by atoms with Gasteiger partial charge >= 0.3 is 0 Å². The maximum absolute atomic E-state index is 11.9.